The summed E-state index contributed by atoms with van der Waals surface area (Å²) < 4.78 is 5.82. The van der Waals surface area contributed by atoms with E-state index in [1.807, 2.05) is 18.2 Å². The second-order valence-electron chi connectivity index (χ2n) is 5.55. The van der Waals surface area contributed by atoms with E-state index in [4.69, 9.17) is 9.84 Å². The zero-order valence-corrected chi connectivity index (χ0v) is 12.7. The third kappa shape index (κ3) is 2.56. The Morgan fingerprint density at radius 2 is 1.88 bits per heavy atom. The maximum atomic E-state index is 11.1. The second kappa shape index (κ2) is 5.70. The van der Waals surface area contributed by atoms with Gasteiger partial charge in [-0.05, 0) is 34.5 Å². The van der Waals surface area contributed by atoms with Crippen LogP contribution in [0.3, 0.4) is 0 Å². The monoisotopic (exact) mass is 318 g/mol. The fourth-order valence-electron chi connectivity index (χ4n) is 2.75. The molecule has 0 fully saturated rings. The number of aromatic amines is 1. The number of carboxylic acids is 1. The van der Waals surface area contributed by atoms with Crippen molar-refractivity contribution in [1.82, 2.24) is 10.2 Å². The minimum absolute atomic E-state index is 0.0195. The average molecular weight is 318 g/mol. The fourth-order valence-corrected chi connectivity index (χ4v) is 2.75. The summed E-state index contributed by atoms with van der Waals surface area (Å²) in [4.78, 5) is 11.1. The second-order valence-corrected chi connectivity index (χ2v) is 5.55. The molecule has 0 atom stereocenters. The predicted octanol–water partition coefficient (Wildman–Crippen LogP) is 3.99. The molecule has 4 rings (SSSR count). The molecule has 2 N–H and O–H groups in total. The van der Waals surface area contributed by atoms with Crippen LogP contribution in [0.4, 0.5) is 0 Å². The minimum Gasteiger partial charge on any atom is -0.489 e. The van der Waals surface area contributed by atoms with Crippen molar-refractivity contribution in [3.63, 3.8) is 0 Å². The van der Waals surface area contributed by atoms with E-state index < -0.39 is 5.97 Å². The number of fused-ring (bicyclic) bond motifs is 2. The highest BCUT2D eigenvalue weighted by atomic mass is 16.5. The molecule has 0 aliphatic carbocycles. The maximum Gasteiger partial charge on any atom is 0.357 e. The van der Waals surface area contributed by atoms with Crippen molar-refractivity contribution in [3.8, 4) is 5.75 Å². The van der Waals surface area contributed by atoms with Gasteiger partial charge in [0.2, 0.25) is 0 Å². The average Bonchev–Trinajstić information content (AvgIpc) is 3.03. The molecule has 0 bridgehead atoms. The highest BCUT2D eigenvalue weighted by molar-refractivity contribution is 6.01. The standard InChI is InChI=1S/C19H14N2O3/c22-19(23)18-16-8-7-15(10-17(16)20-21-18)24-11-12-5-6-13-3-1-2-4-14(13)9-12/h1-10H,11H2,(H,20,21)(H,22,23). The maximum absolute atomic E-state index is 11.1. The van der Waals surface area contributed by atoms with E-state index in [2.05, 4.69) is 34.5 Å². The molecule has 4 aromatic rings. The zero-order valence-electron chi connectivity index (χ0n) is 12.7. The number of hydrogen-bond acceptors (Lipinski definition) is 3. The summed E-state index contributed by atoms with van der Waals surface area (Å²) >= 11 is 0. The SMILES string of the molecule is O=C(O)c1n[nH]c2cc(OCc3ccc4ccccc4c3)ccc12. The molecule has 118 valence electrons. The minimum atomic E-state index is -1.05. The van der Waals surface area contributed by atoms with Crippen LogP contribution in [-0.4, -0.2) is 21.3 Å². The van der Waals surface area contributed by atoms with Crippen LogP contribution in [0, 0.1) is 0 Å². The normalized spacial score (nSPS) is 11.0. The number of rotatable bonds is 4. The number of aromatic nitrogens is 2. The molecule has 3 aromatic carbocycles. The fraction of sp³-hybridized carbons (Fsp3) is 0.0526. The van der Waals surface area contributed by atoms with Crippen molar-refractivity contribution in [2.45, 2.75) is 6.61 Å². The van der Waals surface area contributed by atoms with Crippen molar-refractivity contribution >= 4 is 27.6 Å². The summed E-state index contributed by atoms with van der Waals surface area (Å²) in [5.74, 6) is -0.387. The number of benzene rings is 3. The van der Waals surface area contributed by atoms with Gasteiger partial charge in [0.25, 0.3) is 0 Å². The molecule has 1 aromatic heterocycles. The highest BCUT2D eigenvalue weighted by Gasteiger charge is 2.12. The van der Waals surface area contributed by atoms with Gasteiger partial charge in [0.1, 0.15) is 12.4 Å². The first-order valence-corrected chi connectivity index (χ1v) is 7.52. The Morgan fingerprint density at radius 1 is 1.04 bits per heavy atom. The lowest BCUT2D eigenvalue weighted by atomic mass is 10.1. The molecule has 0 aliphatic rings. The van der Waals surface area contributed by atoms with E-state index in [0.717, 1.165) is 5.56 Å². The zero-order chi connectivity index (χ0) is 16.5. The quantitative estimate of drug-likeness (QED) is 0.596. The molecule has 0 aliphatic heterocycles. The smallest absolute Gasteiger partial charge is 0.357 e. The molecule has 0 unspecified atom stereocenters. The van der Waals surface area contributed by atoms with Crippen LogP contribution < -0.4 is 4.74 Å². The third-order valence-electron chi connectivity index (χ3n) is 3.96. The highest BCUT2D eigenvalue weighted by Crippen LogP contribution is 2.23. The number of carboxylic acid groups (broad SMARTS) is 1. The van der Waals surface area contributed by atoms with E-state index in [0.29, 0.717) is 23.3 Å². The molecule has 0 saturated heterocycles. The number of nitrogens with zero attached hydrogens (tertiary/aromatic N) is 1. The van der Waals surface area contributed by atoms with Crippen LogP contribution in [0.25, 0.3) is 21.7 Å². The number of H-pyrrole nitrogens is 1. The van der Waals surface area contributed by atoms with Crippen LogP contribution in [0.1, 0.15) is 16.1 Å². The van der Waals surface area contributed by atoms with Gasteiger partial charge in [-0.25, -0.2) is 4.79 Å². The topological polar surface area (TPSA) is 75.2 Å². The van der Waals surface area contributed by atoms with E-state index in [1.54, 1.807) is 18.2 Å². The molecule has 0 saturated carbocycles. The van der Waals surface area contributed by atoms with E-state index in [-0.39, 0.29) is 5.69 Å². The summed E-state index contributed by atoms with van der Waals surface area (Å²) in [6, 6.07) is 19.6. The van der Waals surface area contributed by atoms with E-state index >= 15 is 0 Å². The van der Waals surface area contributed by atoms with Gasteiger partial charge >= 0.3 is 5.97 Å². The predicted molar refractivity (Wildman–Crippen MR) is 91.3 cm³/mol. The molecule has 24 heavy (non-hydrogen) atoms. The molecular formula is C19H14N2O3. The number of nitrogens with one attached hydrogen (secondary N) is 1. The van der Waals surface area contributed by atoms with Gasteiger partial charge < -0.3 is 9.84 Å². The summed E-state index contributed by atoms with van der Waals surface area (Å²) in [6.07, 6.45) is 0. The largest absolute Gasteiger partial charge is 0.489 e. The van der Waals surface area contributed by atoms with Gasteiger partial charge in [-0.3, -0.25) is 5.10 Å². The van der Waals surface area contributed by atoms with Crippen molar-refractivity contribution in [2.75, 3.05) is 0 Å². The van der Waals surface area contributed by atoms with E-state index in [1.165, 1.54) is 10.8 Å². The molecule has 0 amide bonds. The lowest BCUT2D eigenvalue weighted by Crippen LogP contribution is -1.97. The van der Waals surface area contributed by atoms with Gasteiger partial charge in [-0.1, -0.05) is 36.4 Å². The molecule has 5 heteroatoms. The summed E-state index contributed by atoms with van der Waals surface area (Å²) in [6.45, 7) is 0.441. The van der Waals surface area contributed by atoms with Crippen molar-refractivity contribution < 1.29 is 14.6 Å². The molecule has 1 heterocycles. The Labute approximate surface area is 137 Å². The van der Waals surface area contributed by atoms with Crippen LogP contribution in [0.2, 0.25) is 0 Å². The van der Waals surface area contributed by atoms with Crippen molar-refractivity contribution in [3.05, 3.63) is 71.9 Å². The summed E-state index contributed by atoms with van der Waals surface area (Å²) in [5, 5.41) is 18.5. The Morgan fingerprint density at radius 3 is 2.71 bits per heavy atom. The van der Waals surface area contributed by atoms with Crippen LogP contribution in [0.15, 0.2) is 60.7 Å². The van der Waals surface area contributed by atoms with Gasteiger partial charge in [-0.15, -0.1) is 0 Å². The number of ether oxygens (including phenoxy) is 1. The van der Waals surface area contributed by atoms with Crippen LogP contribution >= 0.6 is 0 Å². The molecule has 0 spiro atoms. The summed E-state index contributed by atoms with van der Waals surface area (Å²) in [5.41, 5.74) is 1.74. The lowest BCUT2D eigenvalue weighted by molar-refractivity contribution is 0.0692. The number of carbonyl (C=O) groups is 1. The Bertz CT molecular complexity index is 1050. The Hall–Kier alpha value is -3.34. The van der Waals surface area contributed by atoms with Gasteiger partial charge in [0.15, 0.2) is 5.69 Å². The van der Waals surface area contributed by atoms with Gasteiger partial charge in [0.05, 0.1) is 5.52 Å². The Kier molecular flexibility index (Phi) is 3.39. The lowest BCUT2D eigenvalue weighted by Gasteiger charge is -2.07. The van der Waals surface area contributed by atoms with E-state index in [9.17, 15) is 4.79 Å². The summed E-state index contributed by atoms with van der Waals surface area (Å²) in [7, 11) is 0. The first-order valence-electron chi connectivity index (χ1n) is 7.52. The van der Waals surface area contributed by atoms with Gasteiger partial charge in [-0.2, -0.15) is 5.10 Å². The van der Waals surface area contributed by atoms with Crippen molar-refractivity contribution in [2.24, 2.45) is 0 Å². The van der Waals surface area contributed by atoms with Crippen LogP contribution in [-0.2, 0) is 6.61 Å². The first kappa shape index (κ1) is 14.3. The van der Waals surface area contributed by atoms with Crippen LogP contribution in [0.5, 0.6) is 5.75 Å². The molecule has 0 radical (unpaired) electrons. The number of hydrogen-bond donors (Lipinski definition) is 2. The Balaban J connectivity index is 1.56. The third-order valence-corrected chi connectivity index (χ3v) is 3.96. The van der Waals surface area contributed by atoms with Crippen molar-refractivity contribution in [1.29, 1.82) is 0 Å². The van der Waals surface area contributed by atoms with Gasteiger partial charge in [0, 0.05) is 11.5 Å². The molecule has 5 nitrogen and oxygen atoms in total. The molecular weight excluding hydrogens is 304 g/mol. The first-order chi connectivity index (χ1) is 11.7. The number of aromatic carboxylic acids is 1.